The Balaban J connectivity index is 1.53. The number of hydrogen-bond donors (Lipinski definition) is 1. The molecule has 12 heteroatoms. The molecule has 0 saturated carbocycles. The van der Waals surface area contributed by atoms with Crippen LogP contribution in [0.1, 0.15) is 11.1 Å². The second-order valence-corrected chi connectivity index (χ2v) is 7.76. The maximum Gasteiger partial charge on any atom is 0.446 e. The van der Waals surface area contributed by atoms with Gasteiger partial charge < -0.3 is 14.4 Å². The molecule has 0 spiro atoms. The third-order valence-electron chi connectivity index (χ3n) is 5.08. The third-order valence-corrected chi connectivity index (χ3v) is 5.37. The Morgan fingerprint density at radius 2 is 1.88 bits per heavy atom. The van der Waals surface area contributed by atoms with E-state index in [1.165, 1.54) is 23.1 Å². The molecule has 1 saturated heterocycles. The summed E-state index contributed by atoms with van der Waals surface area (Å²) >= 11 is 5.93. The second kappa shape index (κ2) is 9.44. The summed E-state index contributed by atoms with van der Waals surface area (Å²) in [4.78, 5) is 16.3. The summed E-state index contributed by atoms with van der Waals surface area (Å²) in [5.41, 5.74) is 3.33. The molecule has 176 valence electrons. The van der Waals surface area contributed by atoms with Gasteiger partial charge in [-0.25, -0.2) is 9.18 Å². The highest BCUT2D eigenvalue weighted by molar-refractivity contribution is 6.31. The van der Waals surface area contributed by atoms with Crippen molar-refractivity contribution in [3.8, 4) is 0 Å². The first-order chi connectivity index (χ1) is 15.7. The number of morpholine rings is 1. The first-order valence-electron chi connectivity index (χ1n) is 9.97. The summed E-state index contributed by atoms with van der Waals surface area (Å²) in [6, 6.07) is 10.1. The van der Waals surface area contributed by atoms with Crippen LogP contribution in [0.2, 0.25) is 5.02 Å². The Labute approximate surface area is 191 Å². The molecule has 1 atom stereocenters. The van der Waals surface area contributed by atoms with Crippen molar-refractivity contribution < 1.29 is 31.8 Å². The number of alkyl halides is 3. The molecule has 0 bridgehead atoms. The van der Waals surface area contributed by atoms with Crippen molar-refractivity contribution in [2.75, 3.05) is 31.2 Å². The van der Waals surface area contributed by atoms with Gasteiger partial charge >= 0.3 is 12.2 Å². The number of hydrazone groups is 1. The van der Waals surface area contributed by atoms with Crippen molar-refractivity contribution in [1.82, 2.24) is 10.3 Å². The minimum absolute atomic E-state index is 0.120. The summed E-state index contributed by atoms with van der Waals surface area (Å²) in [6.45, 7) is 1.76. The molecule has 2 aromatic rings. The van der Waals surface area contributed by atoms with E-state index in [2.05, 4.69) is 5.10 Å². The number of amides is 2. The number of halogens is 5. The van der Waals surface area contributed by atoms with Gasteiger partial charge in [0.1, 0.15) is 5.82 Å². The van der Waals surface area contributed by atoms with Crippen LogP contribution in [-0.2, 0) is 16.0 Å². The predicted octanol–water partition coefficient (Wildman–Crippen LogP) is 4.11. The van der Waals surface area contributed by atoms with Gasteiger partial charge in [0.25, 0.3) is 6.23 Å². The SMILES string of the molecule is O=C(N1CCOCC1)N(Cc1ccc(C2=NNC(C(F)(F)F)O2)cc1)c1ccc(F)c(Cl)c1. The molecule has 0 radical (unpaired) electrons. The van der Waals surface area contributed by atoms with Crippen molar-refractivity contribution in [2.45, 2.75) is 18.9 Å². The Bertz CT molecular complexity index is 1040. The average molecular weight is 487 g/mol. The molecule has 2 aromatic carbocycles. The molecule has 1 N–H and O–H groups in total. The van der Waals surface area contributed by atoms with Crippen molar-refractivity contribution in [3.63, 3.8) is 0 Å². The fourth-order valence-electron chi connectivity index (χ4n) is 3.34. The number of nitrogens with zero attached hydrogens (tertiary/aromatic N) is 3. The number of nitrogens with one attached hydrogen (secondary N) is 1. The summed E-state index contributed by atoms with van der Waals surface area (Å²) in [6.07, 6.45) is -6.79. The Hall–Kier alpha value is -3.05. The van der Waals surface area contributed by atoms with Crippen LogP contribution in [0, 0.1) is 5.82 Å². The molecule has 2 amide bonds. The first-order valence-corrected chi connectivity index (χ1v) is 10.4. The molecule has 1 unspecified atom stereocenters. The number of carbonyl (C=O) groups excluding carboxylic acids is 1. The van der Waals surface area contributed by atoms with E-state index in [4.69, 9.17) is 21.1 Å². The lowest BCUT2D eigenvalue weighted by atomic mass is 10.1. The van der Waals surface area contributed by atoms with Crippen molar-refractivity contribution in [2.24, 2.45) is 5.10 Å². The van der Waals surface area contributed by atoms with E-state index in [0.717, 1.165) is 0 Å². The maximum absolute atomic E-state index is 13.7. The number of benzene rings is 2. The lowest BCUT2D eigenvalue weighted by Crippen LogP contribution is -2.48. The number of carbonyl (C=O) groups is 1. The number of ether oxygens (including phenoxy) is 2. The van der Waals surface area contributed by atoms with Crippen molar-refractivity contribution in [3.05, 3.63) is 64.4 Å². The zero-order chi connectivity index (χ0) is 23.6. The normalized spacial score (nSPS) is 18.4. The van der Waals surface area contributed by atoms with Gasteiger partial charge in [-0.15, -0.1) is 5.10 Å². The van der Waals surface area contributed by atoms with Crippen LogP contribution in [0.5, 0.6) is 0 Å². The molecule has 0 aromatic heterocycles. The molecule has 33 heavy (non-hydrogen) atoms. The minimum atomic E-state index is -4.60. The van der Waals surface area contributed by atoms with Gasteiger partial charge in [-0.1, -0.05) is 23.7 Å². The quantitative estimate of drug-likeness (QED) is 0.661. The molecule has 2 heterocycles. The molecule has 2 aliphatic heterocycles. The van der Waals surface area contributed by atoms with Gasteiger partial charge in [0.15, 0.2) is 0 Å². The smallest absolute Gasteiger partial charge is 0.441 e. The first kappa shape index (κ1) is 23.1. The van der Waals surface area contributed by atoms with E-state index in [9.17, 15) is 22.4 Å². The fourth-order valence-corrected chi connectivity index (χ4v) is 3.51. The molecule has 2 aliphatic rings. The van der Waals surface area contributed by atoms with Gasteiger partial charge in [0.05, 0.1) is 24.8 Å². The van der Waals surface area contributed by atoms with Gasteiger partial charge in [-0.05, 0) is 35.9 Å². The van der Waals surface area contributed by atoms with E-state index >= 15 is 0 Å². The van der Waals surface area contributed by atoms with Gasteiger partial charge in [-0.3, -0.25) is 10.3 Å². The fraction of sp³-hybridized carbons (Fsp3) is 0.333. The number of rotatable bonds is 4. The van der Waals surface area contributed by atoms with Crippen LogP contribution in [0.4, 0.5) is 28.0 Å². The zero-order valence-electron chi connectivity index (χ0n) is 17.1. The third kappa shape index (κ3) is 5.31. The highest BCUT2D eigenvalue weighted by Gasteiger charge is 2.45. The van der Waals surface area contributed by atoms with Crippen molar-refractivity contribution >= 4 is 29.2 Å². The van der Waals surface area contributed by atoms with Crippen LogP contribution in [0.25, 0.3) is 0 Å². The number of anilines is 1. The standard InChI is InChI=1S/C21H19ClF4N4O3/c22-16-11-15(5-6-17(16)23)30(20(31)29-7-9-32-10-8-29)12-13-1-3-14(4-2-13)18-27-28-19(33-18)21(24,25)26/h1-6,11,19,28H,7-10,12H2. The molecule has 0 aliphatic carbocycles. The molecule has 7 nitrogen and oxygen atoms in total. The topological polar surface area (TPSA) is 66.4 Å². The summed E-state index contributed by atoms with van der Waals surface area (Å²) in [7, 11) is 0. The van der Waals surface area contributed by atoms with Crippen LogP contribution >= 0.6 is 11.6 Å². The monoisotopic (exact) mass is 486 g/mol. The Kier molecular flexibility index (Phi) is 6.61. The van der Waals surface area contributed by atoms with E-state index in [0.29, 0.717) is 43.1 Å². The van der Waals surface area contributed by atoms with E-state index in [-0.39, 0.29) is 23.5 Å². The van der Waals surface area contributed by atoms with Crippen molar-refractivity contribution in [1.29, 1.82) is 0 Å². The lowest BCUT2D eigenvalue weighted by Gasteiger charge is -2.33. The zero-order valence-corrected chi connectivity index (χ0v) is 17.9. The Morgan fingerprint density at radius 3 is 2.48 bits per heavy atom. The Morgan fingerprint density at radius 1 is 1.18 bits per heavy atom. The van der Waals surface area contributed by atoms with Gasteiger partial charge in [0, 0.05) is 24.3 Å². The van der Waals surface area contributed by atoms with E-state index < -0.39 is 18.2 Å². The predicted molar refractivity (Wildman–Crippen MR) is 112 cm³/mol. The minimum Gasteiger partial charge on any atom is -0.441 e. The highest BCUT2D eigenvalue weighted by Crippen LogP contribution is 2.27. The summed E-state index contributed by atoms with van der Waals surface area (Å²) in [5.74, 6) is -0.790. The van der Waals surface area contributed by atoms with Crippen LogP contribution in [0.3, 0.4) is 0 Å². The molecule has 4 rings (SSSR count). The highest BCUT2D eigenvalue weighted by atomic mass is 35.5. The number of hydrogen-bond acceptors (Lipinski definition) is 5. The molecular weight excluding hydrogens is 468 g/mol. The van der Waals surface area contributed by atoms with Gasteiger partial charge in [0.2, 0.25) is 5.90 Å². The largest absolute Gasteiger partial charge is 0.446 e. The molecular formula is C21H19ClF4N4O3. The van der Waals surface area contributed by atoms with Crippen LogP contribution in [0.15, 0.2) is 47.6 Å². The van der Waals surface area contributed by atoms with E-state index in [1.54, 1.807) is 29.2 Å². The number of urea groups is 1. The second-order valence-electron chi connectivity index (χ2n) is 7.35. The molecule has 1 fully saturated rings. The average Bonchev–Trinajstić information content (AvgIpc) is 3.31. The van der Waals surface area contributed by atoms with Crippen LogP contribution < -0.4 is 10.3 Å². The lowest BCUT2D eigenvalue weighted by molar-refractivity contribution is -0.201. The van der Waals surface area contributed by atoms with Gasteiger partial charge in [-0.2, -0.15) is 13.2 Å². The van der Waals surface area contributed by atoms with Crippen LogP contribution in [-0.4, -0.2) is 55.5 Å². The summed E-state index contributed by atoms with van der Waals surface area (Å²) < 4.78 is 62.1. The summed E-state index contributed by atoms with van der Waals surface area (Å²) in [5, 5.41) is 3.47. The van der Waals surface area contributed by atoms with E-state index in [1.807, 2.05) is 5.43 Å². The maximum atomic E-state index is 13.7.